The van der Waals surface area contributed by atoms with Crippen molar-refractivity contribution in [3.8, 4) is 5.75 Å². The van der Waals surface area contributed by atoms with E-state index in [0.717, 1.165) is 5.69 Å². The summed E-state index contributed by atoms with van der Waals surface area (Å²) >= 11 is 1.54. The predicted molar refractivity (Wildman–Crippen MR) is 85.5 cm³/mol. The summed E-state index contributed by atoms with van der Waals surface area (Å²) < 4.78 is 5.24. The number of carbonyl (C=O) groups is 2. The van der Waals surface area contributed by atoms with Gasteiger partial charge in [0.1, 0.15) is 5.75 Å². The van der Waals surface area contributed by atoms with E-state index >= 15 is 0 Å². The molecule has 0 spiro atoms. The number of benzene rings is 1. The molecule has 1 aromatic carbocycles. The first-order valence-corrected chi connectivity index (χ1v) is 7.86. The molecule has 6 heteroatoms. The molecule has 2 aromatic rings. The van der Waals surface area contributed by atoms with Gasteiger partial charge in [-0.05, 0) is 25.1 Å². The highest BCUT2D eigenvalue weighted by molar-refractivity contribution is 7.07. The summed E-state index contributed by atoms with van der Waals surface area (Å²) in [6.07, 6.45) is 0.890. The molecule has 0 saturated carbocycles. The van der Waals surface area contributed by atoms with Gasteiger partial charge in [0.15, 0.2) is 5.78 Å². The topological polar surface area (TPSA) is 68.3 Å². The molecule has 1 amide bonds. The fourth-order valence-electron chi connectivity index (χ4n) is 2.06. The first kappa shape index (κ1) is 16.2. The molecule has 0 aliphatic rings. The Labute approximate surface area is 133 Å². The Balaban J connectivity index is 1.95. The summed E-state index contributed by atoms with van der Waals surface area (Å²) in [6.45, 7) is 2.04. The van der Waals surface area contributed by atoms with Crippen molar-refractivity contribution in [1.29, 1.82) is 0 Å². The summed E-state index contributed by atoms with van der Waals surface area (Å²) in [5.74, 6) is 0.474. The Morgan fingerprint density at radius 2 is 2.18 bits per heavy atom. The standard InChI is InChI=1S/C16H18N2O3S/c1-11(19)12-3-4-15(21-2)13(7-12)8-16(20)17-6-5-14-9-22-10-18-14/h3-4,7,9-10H,5-6,8H2,1-2H3,(H,17,20). The van der Waals surface area contributed by atoms with Crippen LogP contribution in [0.4, 0.5) is 0 Å². The number of hydrogen-bond acceptors (Lipinski definition) is 5. The Bertz CT molecular complexity index is 653. The van der Waals surface area contributed by atoms with Gasteiger partial charge in [-0.3, -0.25) is 9.59 Å². The van der Waals surface area contributed by atoms with Crippen molar-refractivity contribution in [3.05, 3.63) is 45.9 Å². The normalized spacial score (nSPS) is 10.3. The zero-order chi connectivity index (χ0) is 15.9. The van der Waals surface area contributed by atoms with Gasteiger partial charge in [0.05, 0.1) is 24.7 Å². The lowest BCUT2D eigenvalue weighted by Gasteiger charge is -2.10. The average molecular weight is 318 g/mol. The van der Waals surface area contributed by atoms with Crippen molar-refractivity contribution in [1.82, 2.24) is 10.3 Å². The Morgan fingerprint density at radius 1 is 1.36 bits per heavy atom. The molecule has 0 bridgehead atoms. The van der Waals surface area contributed by atoms with Gasteiger partial charge in [0.2, 0.25) is 5.91 Å². The molecular formula is C16H18N2O3S. The summed E-state index contributed by atoms with van der Waals surface area (Å²) in [6, 6.07) is 5.13. The second-order valence-corrected chi connectivity index (χ2v) is 5.56. The molecule has 0 saturated heterocycles. The predicted octanol–water partition coefficient (Wildman–Crippen LogP) is 2.26. The van der Waals surface area contributed by atoms with Gasteiger partial charge < -0.3 is 10.1 Å². The van der Waals surface area contributed by atoms with Gasteiger partial charge >= 0.3 is 0 Å². The summed E-state index contributed by atoms with van der Waals surface area (Å²) in [7, 11) is 1.55. The highest BCUT2D eigenvalue weighted by atomic mass is 32.1. The molecule has 1 heterocycles. The van der Waals surface area contributed by atoms with Crippen LogP contribution in [0.1, 0.15) is 28.5 Å². The number of nitrogens with one attached hydrogen (secondary N) is 1. The summed E-state index contributed by atoms with van der Waals surface area (Å²) in [4.78, 5) is 27.6. The minimum atomic E-state index is -0.103. The number of ketones is 1. The van der Waals surface area contributed by atoms with Crippen LogP contribution >= 0.6 is 11.3 Å². The number of rotatable bonds is 7. The molecule has 22 heavy (non-hydrogen) atoms. The second kappa shape index (κ2) is 7.70. The molecule has 116 valence electrons. The smallest absolute Gasteiger partial charge is 0.224 e. The van der Waals surface area contributed by atoms with Crippen LogP contribution < -0.4 is 10.1 Å². The molecule has 2 rings (SSSR count). The molecule has 0 unspecified atom stereocenters. The van der Waals surface area contributed by atoms with Gasteiger partial charge in [-0.2, -0.15) is 0 Å². The number of hydrogen-bond donors (Lipinski definition) is 1. The quantitative estimate of drug-likeness (QED) is 0.795. The maximum Gasteiger partial charge on any atom is 0.224 e. The fraction of sp³-hybridized carbons (Fsp3) is 0.312. The van der Waals surface area contributed by atoms with E-state index in [1.165, 1.54) is 18.3 Å². The van der Waals surface area contributed by atoms with E-state index < -0.39 is 0 Å². The zero-order valence-electron chi connectivity index (χ0n) is 12.6. The van der Waals surface area contributed by atoms with E-state index in [4.69, 9.17) is 4.74 Å². The second-order valence-electron chi connectivity index (χ2n) is 4.84. The van der Waals surface area contributed by atoms with Crippen molar-refractivity contribution in [3.63, 3.8) is 0 Å². The van der Waals surface area contributed by atoms with Crippen molar-refractivity contribution < 1.29 is 14.3 Å². The number of Topliss-reactive ketones (excluding diaryl/α,β-unsaturated/α-hetero) is 1. The third-order valence-corrected chi connectivity index (χ3v) is 3.86. The van der Waals surface area contributed by atoms with Crippen molar-refractivity contribution in [2.75, 3.05) is 13.7 Å². The Hall–Kier alpha value is -2.21. The average Bonchev–Trinajstić information content (AvgIpc) is 3.00. The first-order chi connectivity index (χ1) is 10.6. The summed E-state index contributed by atoms with van der Waals surface area (Å²) in [5, 5.41) is 4.82. The number of methoxy groups -OCH3 is 1. The molecule has 1 aromatic heterocycles. The number of amides is 1. The van der Waals surface area contributed by atoms with Gasteiger partial charge in [-0.1, -0.05) is 0 Å². The van der Waals surface area contributed by atoms with Crippen LogP contribution in [0.5, 0.6) is 5.75 Å². The first-order valence-electron chi connectivity index (χ1n) is 6.91. The van der Waals surface area contributed by atoms with E-state index in [0.29, 0.717) is 29.8 Å². The molecular weight excluding hydrogens is 300 g/mol. The molecule has 0 fully saturated rings. The molecule has 0 aliphatic heterocycles. The third-order valence-electron chi connectivity index (χ3n) is 3.22. The minimum absolute atomic E-state index is 0.0344. The number of carbonyl (C=O) groups excluding carboxylic acids is 2. The van der Waals surface area contributed by atoms with E-state index in [2.05, 4.69) is 10.3 Å². The van der Waals surface area contributed by atoms with Gasteiger partial charge in [-0.15, -0.1) is 11.3 Å². The highest BCUT2D eigenvalue weighted by Gasteiger charge is 2.11. The van der Waals surface area contributed by atoms with Crippen LogP contribution in [0.15, 0.2) is 29.1 Å². The molecule has 0 aliphatic carbocycles. The molecule has 1 N–H and O–H groups in total. The Kier molecular flexibility index (Phi) is 5.66. The van der Waals surface area contributed by atoms with E-state index in [1.54, 1.807) is 30.8 Å². The Morgan fingerprint density at radius 3 is 2.82 bits per heavy atom. The van der Waals surface area contributed by atoms with Gasteiger partial charge in [-0.25, -0.2) is 4.98 Å². The lowest BCUT2D eigenvalue weighted by atomic mass is 10.0. The summed E-state index contributed by atoms with van der Waals surface area (Å²) in [5.41, 5.74) is 4.03. The maximum absolute atomic E-state index is 12.0. The maximum atomic E-state index is 12.0. The van der Waals surface area contributed by atoms with Crippen LogP contribution in [0.25, 0.3) is 0 Å². The number of thiazole rings is 1. The van der Waals surface area contributed by atoms with Crippen molar-refractivity contribution >= 4 is 23.0 Å². The number of nitrogens with zero attached hydrogens (tertiary/aromatic N) is 1. The number of aromatic nitrogens is 1. The zero-order valence-corrected chi connectivity index (χ0v) is 13.4. The fourth-order valence-corrected chi connectivity index (χ4v) is 2.66. The molecule has 0 atom stereocenters. The van der Waals surface area contributed by atoms with Crippen LogP contribution in [0.2, 0.25) is 0 Å². The SMILES string of the molecule is COc1ccc(C(C)=O)cc1CC(=O)NCCc1cscn1. The largest absolute Gasteiger partial charge is 0.496 e. The molecule has 5 nitrogen and oxygen atoms in total. The van der Waals surface area contributed by atoms with Crippen molar-refractivity contribution in [2.45, 2.75) is 19.8 Å². The molecule has 0 radical (unpaired) electrons. The van der Waals surface area contributed by atoms with Crippen LogP contribution in [0, 0.1) is 0 Å². The number of ether oxygens (including phenoxy) is 1. The van der Waals surface area contributed by atoms with E-state index in [9.17, 15) is 9.59 Å². The van der Waals surface area contributed by atoms with Crippen molar-refractivity contribution in [2.24, 2.45) is 0 Å². The van der Waals surface area contributed by atoms with Gasteiger partial charge in [0.25, 0.3) is 0 Å². The monoisotopic (exact) mass is 318 g/mol. The van der Waals surface area contributed by atoms with Gasteiger partial charge in [0, 0.05) is 29.5 Å². The van der Waals surface area contributed by atoms with Crippen LogP contribution in [-0.4, -0.2) is 30.3 Å². The van der Waals surface area contributed by atoms with E-state index in [-0.39, 0.29) is 18.1 Å². The van der Waals surface area contributed by atoms with E-state index in [1.807, 2.05) is 5.38 Å². The third kappa shape index (κ3) is 4.39. The lowest BCUT2D eigenvalue weighted by molar-refractivity contribution is -0.120. The highest BCUT2D eigenvalue weighted by Crippen LogP contribution is 2.20. The van der Waals surface area contributed by atoms with Crippen LogP contribution in [-0.2, 0) is 17.6 Å². The minimum Gasteiger partial charge on any atom is -0.496 e. The van der Waals surface area contributed by atoms with Crippen LogP contribution in [0.3, 0.4) is 0 Å². The lowest BCUT2D eigenvalue weighted by Crippen LogP contribution is -2.27.